The van der Waals surface area contributed by atoms with Gasteiger partial charge in [0.15, 0.2) is 0 Å². The average Bonchev–Trinajstić information content (AvgIpc) is 3.56. The third kappa shape index (κ3) is 7.46. The van der Waals surface area contributed by atoms with Crippen molar-refractivity contribution in [2.75, 3.05) is 13.1 Å². The smallest absolute Gasteiger partial charge is 0.365 e. The number of nitrogens with two attached hydrogens (primary N) is 1. The number of aromatic nitrogens is 4. The van der Waals surface area contributed by atoms with Gasteiger partial charge in [-0.2, -0.15) is 13.2 Å². The number of likely N-dealkylation sites (tertiary alicyclic amines) is 1. The molecular formula is C28H31F3N6O2. The average molecular weight is 541 g/mol. The van der Waals surface area contributed by atoms with E-state index in [-0.39, 0.29) is 11.5 Å². The highest BCUT2D eigenvalue weighted by Crippen LogP contribution is 2.28. The number of aromatic amines is 1. The minimum Gasteiger partial charge on any atom is -0.365 e. The van der Waals surface area contributed by atoms with Gasteiger partial charge in [0.1, 0.15) is 11.4 Å². The molecule has 0 bridgehead atoms. The fourth-order valence-electron chi connectivity index (χ4n) is 4.71. The molecule has 4 aromatic rings. The topological polar surface area (TPSA) is 110 Å². The minimum absolute atomic E-state index is 0.212. The molecule has 0 aromatic carbocycles. The number of hydrogen-bond acceptors (Lipinski definition) is 4. The molecule has 4 aromatic heterocycles. The van der Waals surface area contributed by atoms with E-state index in [0.29, 0.717) is 24.7 Å². The molecule has 2 amide bonds. The van der Waals surface area contributed by atoms with E-state index in [4.69, 9.17) is 5.73 Å². The highest BCUT2D eigenvalue weighted by atomic mass is 19.4. The molecule has 1 saturated heterocycles. The molecule has 8 nitrogen and oxygen atoms in total. The van der Waals surface area contributed by atoms with Crippen LogP contribution in [-0.4, -0.2) is 49.3 Å². The number of nitrogens with zero attached hydrogens (tertiary/aromatic N) is 4. The number of aryl methyl sites for hydroxylation is 1. The summed E-state index contributed by atoms with van der Waals surface area (Å²) in [5.74, 6) is -0.134. The van der Waals surface area contributed by atoms with Crippen LogP contribution in [0.25, 0.3) is 10.9 Å². The fourth-order valence-corrected chi connectivity index (χ4v) is 4.71. The van der Waals surface area contributed by atoms with Crippen LogP contribution in [0.4, 0.5) is 13.2 Å². The zero-order valence-electron chi connectivity index (χ0n) is 21.4. The second-order valence-corrected chi connectivity index (χ2v) is 9.55. The summed E-state index contributed by atoms with van der Waals surface area (Å²) < 4.78 is 40.1. The Hall–Kier alpha value is -4.15. The maximum atomic E-state index is 12.6. The quantitative estimate of drug-likeness (QED) is 0.311. The van der Waals surface area contributed by atoms with Crippen molar-refractivity contribution in [1.29, 1.82) is 0 Å². The van der Waals surface area contributed by atoms with Crippen LogP contribution in [0.15, 0.2) is 67.4 Å². The van der Waals surface area contributed by atoms with Crippen molar-refractivity contribution < 1.29 is 22.8 Å². The summed E-state index contributed by atoms with van der Waals surface area (Å²) in [7, 11) is 0. The summed E-state index contributed by atoms with van der Waals surface area (Å²) in [4.78, 5) is 34.9. The Morgan fingerprint density at radius 1 is 1.03 bits per heavy atom. The third-order valence-corrected chi connectivity index (χ3v) is 6.88. The van der Waals surface area contributed by atoms with Crippen LogP contribution in [0.3, 0.4) is 0 Å². The van der Waals surface area contributed by atoms with E-state index in [1.54, 1.807) is 23.1 Å². The number of carbonyl (C=O) groups is 2. The largest absolute Gasteiger partial charge is 0.433 e. The van der Waals surface area contributed by atoms with Gasteiger partial charge in [0.2, 0.25) is 0 Å². The molecule has 1 aliphatic heterocycles. The van der Waals surface area contributed by atoms with E-state index in [0.717, 1.165) is 50.9 Å². The SMILES string of the molecule is NC(=O)c1ccccn1.O=C(c1ccc(C(F)(F)F)nc1)N1CCC(CCCCn2ccc3c[nH]cc32)CC1. The van der Waals surface area contributed by atoms with Gasteiger partial charge in [-0.3, -0.25) is 19.6 Å². The fraction of sp³-hybridized carbons (Fsp3) is 0.357. The molecule has 0 aliphatic carbocycles. The van der Waals surface area contributed by atoms with Crippen LogP contribution in [0, 0.1) is 5.92 Å². The number of halogens is 3. The molecule has 5 heterocycles. The summed E-state index contributed by atoms with van der Waals surface area (Å²) in [5, 5.41) is 1.23. The lowest BCUT2D eigenvalue weighted by atomic mass is 9.91. The maximum absolute atomic E-state index is 12.6. The van der Waals surface area contributed by atoms with Gasteiger partial charge in [-0.15, -0.1) is 0 Å². The molecular weight excluding hydrogens is 509 g/mol. The first-order chi connectivity index (χ1) is 18.7. The standard InChI is InChI=1S/C22H25F3N4O.C6H6N2O/c23-22(24,25)20-5-4-18(14-27-20)21(30)29-10-6-16(7-11-29)3-1-2-9-28-12-8-17-13-26-15-19(17)28;7-6(9)5-3-1-2-4-8-5/h4-5,8,12-16,26H,1-3,6-7,9-11H2;1-4H,(H2,7,9). The lowest BCUT2D eigenvalue weighted by molar-refractivity contribution is -0.141. The first kappa shape index (κ1) is 27.9. The summed E-state index contributed by atoms with van der Waals surface area (Å²) in [6.45, 7) is 2.29. The van der Waals surface area contributed by atoms with Gasteiger partial charge in [0.25, 0.3) is 11.8 Å². The number of piperidine rings is 1. The number of carbonyl (C=O) groups excluding carboxylic acids is 2. The van der Waals surface area contributed by atoms with Gasteiger partial charge in [-0.25, -0.2) is 0 Å². The van der Waals surface area contributed by atoms with Crippen LogP contribution in [0.5, 0.6) is 0 Å². The van der Waals surface area contributed by atoms with Crippen molar-refractivity contribution >= 4 is 22.7 Å². The normalized spacial score (nSPS) is 14.2. The van der Waals surface area contributed by atoms with Gasteiger partial charge < -0.3 is 20.2 Å². The Morgan fingerprint density at radius 2 is 1.82 bits per heavy atom. The molecule has 39 heavy (non-hydrogen) atoms. The van der Waals surface area contributed by atoms with Crippen LogP contribution in [0.2, 0.25) is 0 Å². The van der Waals surface area contributed by atoms with Crippen molar-refractivity contribution in [1.82, 2.24) is 24.4 Å². The highest BCUT2D eigenvalue weighted by Gasteiger charge is 2.32. The third-order valence-electron chi connectivity index (χ3n) is 6.88. The zero-order chi connectivity index (χ0) is 27.8. The number of H-pyrrole nitrogens is 1. The van der Waals surface area contributed by atoms with Crippen molar-refractivity contribution in [3.05, 3.63) is 84.3 Å². The number of primary amides is 1. The number of fused-ring (bicyclic) bond motifs is 1. The Morgan fingerprint density at radius 3 is 2.44 bits per heavy atom. The molecule has 0 saturated carbocycles. The lowest BCUT2D eigenvalue weighted by Crippen LogP contribution is -2.38. The number of hydrogen-bond donors (Lipinski definition) is 2. The van der Waals surface area contributed by atoms with E-state index in [1.165, 1.54) is 23.2 Å². The second kappa shape index (κ2) is 12.6. The molecule has 1 aliphatic rings. The van der Waals surface area contributed by atoms with E-state index >= 15 is 0 Å². The lowest BCUT2D eigenvalue weighted by Gasteiger charge is -2.32. The molecule has 0 atom stereocenters. The number of pyridine rings is 2. The predicted octanol–water partition coefficient (Wildman–Crippen LogP) is 5.29. The van der Waals surface area contributed by atoms with Crippen molar-refractivity contribution in [2.24, 2.45) is 11.7 Å². The van der Waals surface area contributed by atoms with Crippen LogP contribution >= 0.6 is 0 Å². The predicted molar refractivity (Wildman–Crippen MR) is 141 cm³/mol. The van der Waals surface area contributed by atoms with E-state index in [2.05, 4.69) is 31.8 Å². The maximum Gasteiger partial charge on any atom is 0.433 e. The molecule has 206 valence electrons. The van der Waals surface area contributed by atoms with Gasteiger partial charge in [0.05, 0.1) is 11.1 Å². The second-order valence-electron chi connectivity index (χ2n) is 9.55. The van der Waals surface area contributed by atoms with Crippen molar-refractivity contribution in [2.45, 2.75) is 44.8 Å². The van der Waals surface area contributed by atoms with Gasteiger partial charge in [-0.05, 0) is 55.5 Å². The van der Waals surface area contributed by atoms with Crippen LogP contribution in [-0.2, 0) is 12.7 Å². The van der Waals surface area contributed by atoms with Gasteiger partial charge in [0, 0.05) is 56.0 Å². The van der Waals surface area contributed by atoms with Gasteiger partial charge in [-0.1, -0.05) is 18.9 Å². The summed E-state index contributed by atoms with van der Waals surface area (Å²) in [6, 6.07) is 9.21. The van der Waals surface area contributed by atoms with E-state index < -0.39 is 17.8 Å². The number of nitrogens with one attached hydrogen (secondary N) is 1. The molecule has 5 rings (SSSR count). The van der Waals surface area contributed by atoms with Crippen LogP contribution < -0.4 is 5.73 Å². The van der Waals surface area contributed by atoms with Crippen molar-refractivity contribution in [3.63, 3.8) is 0 Å². The molecule has 1 fully saturated rings. The first-order valence-electron chi connectivity index (χ1n) is 12.9. The molecule has 0 spiro atoms. The van der Waals surface area contributed by atoms with Crippen LogP contribution in [0.1, 0.15) is 58.6 Å². The Balaban J connectivity index is 0.000000333. The summed E-state index contributed by atoms with van der Waals surface area (Å²) in [5.41, 5.74) is 5.69. The molecule has 0 unspecified atom stereocenters. The van der Waals surface area contributed by atoms with Gasteiger partial charge >= 0.3 is 6.18 Å². The number of unbranched alkanes of at least 4 members (excludes halogenated alkanes) is 1. The van der Waals surface area contributed by atoms with E-state index in [1.807, 2.05) is 12.4 Å². The number of rotatable bonds is 7. The Kier molecular flexibility index (Phi) is 9.00. The molecule has 11 heteroatoms. The summed E-state index contributed by atoms with van der Waals surface area (Å²) >= 11 is 0. The zero-order valence-corrected chi connectivity index (χ0v) is 21.4. The Labute approximate surface area is 224 Å². The number of amides is 2. The first-order valence-corrected chi connectivity index (χ1v) is 12.9. The van der Waals surface area contributed by atoms with E-state index in [9.17, 15) is 22.8 Å². The highest BCUT2D eigenvalue weighted by molar-refractivity contribution is 5.94. The number of alkyl halides is 3. The van der Waals surface area contributed by atoms with Crippen molar-refractivity contribution in [3.8, 4) is 0 Å². The monoisotopic (exact) mass is 540 g/mol. The summed E-state index contributed by atoms with van der Waals surface area (Å²) in [6.07, 6.45) is 9.48. The molecule has 3 N–H and O–H groups in total. The molecule has 0 radical (unpaired) electrons. The Bertz CT molecular complexity index is 1360. The minimum atomic E-state index is -4.49.